The molecule has 0 spiro atoms. The van der Waals surface area contributed by atoms with Crippen molar-refractivity contribution in [1.29, 1.82) is 0 Å². The summed E-state index contributed by atoms with van der Waals surface area (Å²) >= 11 is 0. The summed E-state index contributed by atoms with van der Waals surface area (Å²) in [5, 5.41) is 15.1. The Labute approximate surface area is 102 Å². The summed E-state index contributed by atoms with van der Waals surface area (Å²) in [4.78, 5) is 11.6. The molecule has 0 aliphatic carbocycles. The zero-order valence-electron chi connectivity index (χ0n) is 10.1. The lowest BCUT2D eigenvalue weighted by Gasteiger charge is -2.20. The van der Waals surface area contributed by atoms with E-state index in [9.17, 15) is 18.3 Å². The average Bonchev–Trinajstić information content (AvgIpc) is 2.48. The number of hydrogen-bond donors (Lipinski definition) is 3. The van der Waals surface area contributed by atoms with E-state index in [1.807, 2.05) is 6.92 Å². The van der Waals surface area contributed by atoms with Gasteiger partial charge in [0, 0.05) is 12.6 Å². The third-order valence-corrected chi connectivity index (χ3v) is 4.45. The molecular weight excluding hydrogens is 244 g/mol. The van der Waals surface area contributed by atoms with Crippen LogP contribution in [-0.2, 0) is 14.6 Å². The molecule has 1 saturated heterocycles. The van der Waals surface area contributed by atoms with E-state index in [0.717, 1.165) is 6.42 Å². The molecule has 1 fully saturated rings. The van der Waals surface area contributed by atoms with Crippen LogP contribution in [0.3, 0.4) is 0 Å². The van der Waals surface area contributed by atoms with Crippen molar-refractivity contribution in [2.45, 2.75) is 38.5 Å². The molecule has 0 aromatic carbocycles. The quantitative estimate of drug-likeness (QED) is 0.570. The second-order valence-corrected chi connectivity index (χ2v) is 6.58. The Hall–Kier alpha value is -0.660. The molecule has 1 amide bonds. The number of aliphatic hydroxyl groups excluding tert-OH is 1. The number of hydrogen-bond acceptors (Lipinski definition) is 5. The molecule has 100 valence electrons. The summed E-state index contributed by atoms with van der Waals surface area (Å²) in [5.41, 5.74) is 0. The fraction of sp³-hybridized carbons (Fsp3) is 0.900. The predicted octanol–water partition coefficient (Wildman–Crippen LogP) is -1.35. The molecule has 0 radical (unpaired) electrons. The van der Waals surface area contributed by atoms with Crippen LogP contribution in [0, 0.1) is 0 Å². The fourth-order valence-electron chi connectivity index (χ4n) is 1.79. The lowest BCUT2D eigenvalue weighted by Crippen LogP contribution is -2.50. The first-order valence-electron chi connectivity index (χ1n) is 5.78. The van der Waals surface area contributed by atoms with Gasteiger partial charge in [-0.15, -0.1) is 0 Å². The van der Waals surface area contributed by atoms with Gasteiger partial charge >= 0.3 is 0 Å². The summed E-state index contributed by atoms with van der Waals surface area (Å²) in [5.74, 6) is -0.517. The van der Waals surface area contributed by atoms with Crippen molar-refractivity contribution in [3.8, 4) is 0 Å². The molecule has 0 bridgehead atoms. The lowest BCUT2D eigenvalue weighted by molar-refractivity contribution is -0.123. The zero-order valence-corrected chi connectivity index (χ0v) is 11.0. The number of aliphatic hydroxyl groups is 1. The number of rotatable bonds is 5. The van der Waals surface area contributed by atoms with Crippen LogP contribution >= 0.6 is 0 Å². The normalized spacial score (nSPS) is 28.9. The fourth-order valence-corrected chi connectivity index (χ4v) is 3.54. The number of carbonyl (C=O) groups excluding carboxylic acids is 1. The lowest BCUT2D eigenvalue weighted by atomic mass is 10.2. The van der Waals surface area contributed by atoms with Crippen molar-refractivity contribution < 1.29 is 18.3 Å². The second kappa shape index (κ2) is 5.79. The van der Waals surface area contributed by atoms with Gasteiger partial charge in [0.25, 0.3) is 0 Å². The largest absolute Gasteiger partial charge is 0.390 e. The van der Waals surface area contributed by atoms with E-state index in [1.54, 1.807) is 6.92 Å². The van der Waals surface area contributed by atoms with Crippen LogP contribution in [0.4, 0.5) is 0 Å². The Balaban J connectivity index is 2.46. The van der Waals surface area contributed by atoms with E-state index in [4.69, 9.17) is 0 Å². The standard InChI is InChI=1S/C10H20N2O4S/c1-3-4-11-10(14)7(2)12-8-5-17(15,16)6-9(8)13/h7-9,12-13H,3-6H2,1-2H3,(H,11,14). The molecule has 0 saturated carbocycles. The van der Waals surface area contributed by atoms with Gasteiger partial charge in [-0.25, -0.2) is 8.42 Å². The first kappa shape index (κ1) is 14.4. The van der Waals surface area contributed by atoms with Gasteiger partial charge in [-0.3, -0.25) is 10.1 Å². The van der Waals surface area contributed by atoms with Gasteiger partial charge < -0.3 is 10.4 Å². The summed E-state index contributed by atoms with van der Waals surface area (Å²) in [6.45, 7) is 4.20. The molecule has 3 atom stereocenters. The highest BCUT2D eigenvalue weighted by Crippen LogP contribution is 2.12. The smallest absolute Gasteiger partial charge is 0.236 e. The number of amides is 1. The van der Waals surface area contributed by atoms with Gasteiger partial charge in [0.1, 0.15) is 0 Å². The summed E-state index contributed by atoms with van der Waals surface area (Å²) in [6.07, 6.45) is -0.0831. The summed E-state index contributed by atoms with van der Waals surface area (Å²) in [6, 6.07) is -1.06. The van der Waals surface area contributed by atoms with Gasteiger partial charge in [-0.1, -0.05) is 6.92 Å². The molecule has 1 heterocycles. The van der Waals surface area contributed by atoms with Crippen molar-refractivity contribution in [2.24, 2.45) is 0 Å². The maximum absolute atomic E-state index is 11.6. The molecule has 6 nitrogen and oxygen atoms in total. The monoisotopic (exact) mass is 264 g/mol. The number of sulfone groups is 1. The van der Waals surface area contributed by atoms with Crippen molar-refractivity contribution in [2.75, 3.05) is 18.1 Å². The van der Waals surface area contributed by atoms with E-state index in [0.29, 0.717) is 6.54 Å². The first-order valence-corrected chi connectivity index (χ1v) is 7.60. The molecule has 0 aromatic rings. The molecule has 1 aliphatic heterocycles. The predicted molar refractivity (Wildman–Crippen MR) is 64.3 cm³/mol. The van der Waals surface area contributed by atoms with Crippen LogP contribution in [0.1, 0.15) is 20.3 Å². The van der Waals surface area contributed by atoms with Gasteiger partial charge in [0.05, 0.1) is 23.7 Å². The maximum atomic E-state index is 11.6. The van der Waals surface area contributed by atoms with Crippen LogP contribution in [0.2, 0.25) is 0 Å². The molecule has 3 unspecified atom stereocenters. The van der Waals surface area contributed by atoms with Crippen molar-refractivity contribution >= 4 is 15.7 Å². The van der Waals surface area contributed by atoms with Crippen LogP contribution < -0.4 is 10.6 Å². The van der Waals surface area contributed by atoms with E-state index in [2.05, 4.69) is 10.6 Å². The van der Waals surface area contributed by atoms with Gasteiger partial charge in [0.2, 0.25) is 5.91 Å². The Morgan fingerprint density at radius 3 is 2.59 bits per heavy atom. The highest BCUT2D eigenvalue weighted by Gasteiger charge is 2.37. The average molecular weight is 264 g/mol. The summed E-state index contributed by atoms with van der Waals surface area (Å²) in [7, 11) is -3.18. The van der Waals surface area contributed by atoms with Crippen molar-refractivity contribution in [3.63, 3.8) is 0 Å². The third-order valence-electron chi connectivity index (χ3n) is 2.73. The van der Waals surface area contributed by atoms with Crippen LogP contribution in [0.15, 0.2) is 0 Å². The van der Waals surface area contributed by atoms with E-state index >= 15 is 0 Å². The Morgan fingerprint density at radius 2 is 2.12 bits per heavy atom. The first-order chi connectivity index (χ1) is 7.85. The summed E-state index contributed by atoms with van der Waals surface area (Å²) < 4.78 is 22.5. The van der Waals surface area contributed by atoms with Gasteiger partial charge in [-0.05, 0) is 13.3 Å². The van der Waals surface area contributed by atoms with Crippen molar-refractivity contribution in [1.82, 2.24) is 10.6 Å². The molecule has 0 aromatic heterocycles. The minimum Gasteiger partial charge on any atom is -0.390 e. The Bertz CT molecular complexity index is 369. The topological polar surface area (TPSA) is 95.5 Å². The van der Waals surface area contributed by atoms with E-state index in [1.165, 1.54) is 0 Å². The second-order valence-electron chi connectivity index (χ2n) is 4.43. The SMILES string of the molecule is CCCNC(=O)C(C)NC1CS(=O)(=O)CC1O. The van der Waals surface area contributed by atoms with E-state index in [-0.39, 0.29) is 17.4 Å². The highest BCUT2D eigenvalue weighted by atomic mass is 32.2. The maximum Gasteiger partial charge on any atom is 0.236 e. The number of carbonyl (C=O) groups is 1. The molecular formula is C10H20N2O4S. The van der Waals surface area contributed by atoms with Crippen LogP contribution in [-0.4, -0.2) is 55.7 Å². The minimum atomic E-state index is -3.18. The highest BCUT2D eigenvalue weighted by molar-refractivity contribution is 7.91. The van der Waals surface area contributed by atoms with Gasteiger partial charge in [-0.2, -0.15) is 0 Å². The van der Waals surface area contributed by atoms with Crippen LogP contribution in [0.5, 0.6) is 0 Å². The molecule has 7 heteroatoms. The molecule has 1 rings (SSSR count). The molecule has 1 aliphatic rings. The zero-order chi connectivity index (χ0) is 13.1. The molecule has 17 heavy (non-hydrogen) atoms. The van der Waals surface area contributed by atoms with Crippen molar-refractivity contribution in [3.05, 3.63) is 0 Å². The number of nitrogens with one attached hydrogen (secondary N) is 2. The molecule has 3 N–H and O–H groups in total. The third kappa shape index (κ3) is 4.25. The minimum absolute atomic E-state index is 0.112. The Kier molecular flexibility index (Phi) is 4.91. The van der Waals surface area contributed by atoms with Gasteiger partial charge in [0.15, 0.2) is 9.84 Å². The Morgan fingerprint density at radius 1 is 1.47 bits per heavy atom. The van der Waals surface area contributed by atoms with E-state index < -0.39 is 28.0 Å². The van der Waals surface area contributed by atoms with Crippen LogP contribution in [0.25, 0.3) is 0 Å².